The topological polar surface area (TPSA) is 72.2 Å². The number of anilines is 1. The SMILES string of the molecule is O=C(Nc1cccc(C(F)(F)F)n1)c1ccc2ncc(-c3cccc(Cl)c3)n2n1. The van der Waals surface area contributed by atoms with E-state index < -0.39 is 17.8 Å². The molecule has 0 aliphatic heterocycles. The molecule has 29 heavy (non-hydrogen) atoms. The molecule has 0 bridgehead atoms. The lowest BCUT2D eigenvalue weighted by Gasteiger charge is -2.09. The number of alkyl halides is 3. The fourth-order valence-electron chi connectivity index (χ4n) is 2.68. The van der Waals surface area contributed by atoms with E-state index in [1.807, 2.05) is 6.07 Å². The van der Waals surface area contributed by atoms with Crippen molar-refractivity contribution in [2.45, 2.75) is 6.18 Å². The van der Waals surface area contributed by atoms with Gasteiger partial charge < -0.3 is 5.32 Å². The van der Waals surface area contributed by atoms with Gasteiger partial charge in [0.15, 0.2) is 5.65 Å². The summed E-state index contributed by atoms with van der Waals surface area (Å²) >= 11 is 6.03. The molecule has 0 saturated heterocycles. The van der Waals surface area contributed by atoms with Crippen LogP contribution in [-0.2, 0) is 6.18 Å². The predicted octanol–water partition coefficient (Wildman–Crippen LogP) is 4.72. The summed E-state index contributed by atoms with van der Waals surface area (Å²) in [6.07, 6.45) is -3.02. The Bertz CT molecular complexity index is 1220. The van der Waals surface area contributed by atoms with Gasteiger partial charge in [0.05, 0.1) is 11.9 Å². The van der Waals surface area contributed by atoms with Crippen LogP contribution in [0.2, 0.25) is 5.02 Å². The summed E-state index contributed by atoms with van der Waals surface area (Å²) in [5.41, 5.74) is 0.729. The number of nitrogens with zero attached hydrogens (tertiary/aromatic N) is 4. The van der Waals surface area contributed by atoms with E-state index in [1.54, 1.807) is 30.5 Å². The van der Waals surface area contributed by atoms with Gasteiger partial charge in [0.2, 0.25) is 0 Å². The second-order valence-electron chi connectivity index (χ2n) is 6.00. The van der Waals surface area contributed by atoms with Crippen LogP contribution in [0.1, 0.15) is 16.2 Å². The van der Waals surface area contributed by atoms with Crippen molar-refractivity contribution in [3.05, 3.63) is 77.2 Å². The van der Waals surface area contributed by atoms with Crippen molar-refractivity contribution in [2.24, 2.45) is 0 Å². The number of hydrogen-bond donors (Lipinski definition) is 1. The summed E-state index contributed by atoms with van der Waals surface area (Å²) in [7, 11) is 0. The molecule has 6 nitrogen and oxygen atoms in total. The van der Waals surface area contributed by atoms with E-state index >= 15 is 0 Å². The van der Waals surface area contributed by atoms with Crippen LogP contribution in [-0.4, -0.2) is 25.5 Å². The zero-order valence-electron chi connectivity index (χ0n) is 14.5. The van der Waals surface area contributed by atoms with Gasteiger partial charge in [0.25, 0.3) is 5.91 Å². The van der Waals surface area contributed by atoms with Crippen LogP contribution in [0.5, 0.6) is 0 Å². The summed E-state index contributed by atoms with van der Waals surface area (Å²) in [6.45, 7) is 0. The van der Waals surface area contributed by atoms with Crippen LogP contribution < -0.4 is 5.32 Å². The molecule has 0 unspecified atom stereocenters. The van der Waals surface area contributed by atoms with E-state index in [1.165, 1.54) is 16.6 Å². The fourth-order valence-corrected chi connectivity index (χ4v) is 2.87. The lowest BCUT2D eigenvalue weighted by Crippen LogP contribution is -2.17. The Morgan fingerprint density at radius 1 is 1.07 bits per heavy atom. The number of fused-ring (bicyclic) bond motifs is 1. The Morgan fingerprint density at radius 2 is 1.86 bits per heavy atom. The van der Waals surface area contributed by atoms with E-state index in [9.17, 15) is 18.0 Å². The van der Waals surface area contributed by atoms with Crippen molar-refractivity contribution in [1.29, 1.82) is 0 Å². The molecule has 146 valence electrons. The first-order valence-corrected chi connectivity index (χ1v) is 8.65. The summed E-state index contributed by atoms with van der Waals surface area (Å²) in [6, 6.07) is 13.3. The smallest absolute Gasteiger partial charge is 0.305 e. The first-order chi connectivity index (χ1) is 13.8. The van der Waals surface area contributed by atoms with E-state index in [0.717, 1.165) is 17.7 Å². The molecule has 1 amide bonds. The second kappa shape index (κ2) is 7.17. The normalized spacial score (nSPS) is 11.6. The Hall–Kier alpha value is -3.46. The zero-order valence-corrected chi connectivity index (χ0v) is 15.2. The third kappa shape index (κ3) is 3.90. The predicted molar refractivity (Wildman–Crippen MR) is 101 cm³/mol. The number of halogens is 4. The number of carbonyl (C=O) groups excluding carboxylic acids is 1. The van der Waals surface area contributed by atoms with E-state index in [2.05, 4.69) is 20.4 Å². The van der Waals surface area contributed by atoms with Crippen LogP contribution in [0, 0.1) is 0 Å². The van der Waals surface area contributed by atoms with Gasteiger partial charge in [-0.2, -0.15) is 18.3 Å². The lowest BCUT2D eigenvalue weighted by atomic mass is 10.2. The van der Waals surface area contributed by atoms with Gasteiger partial charge in [-0.25, -0.2) is 14.5 Å². The average molecular weight is 418 g/mol. The molecule has 0 fully saturated rings. The Morgan fingerprint density at radius 3 is 2.62 bits per heavy atom. The maximum absolute atomic E-state index is 12.8. The molecule has 3 heterocycles. The molecule has 0 saturated carbocycles. The Balaban J connectivity index is 1.66. The number of aromatic nitrogens is 4. The van der Waals surface area contributed by atoms with Gasteiger partial charge >= 0.3 is 6.18 Å². The molecule has 3 aromatic heterocycles. The largest absolute Gasteiger partial charge is 0.433 e. The highest BCUT2D eigenvalue weighted by Crippen LogP contribution is 2.28. The Kier molecular flexibility index (Phi) is 4.67. The summed E-state index contributed by atoms with van der Waals surface area (Å²) < 4.78 is 39.8. The molecule has 4 aromatic rings. The highest BCUT2D eigenvalue weighted by molar-refractivity contribution is 6.30. The maximum atomic E-state index is 12.8. The minimum absolute atomic E-state index is 0.0158. The van der Waals surface area contributed by atoms with E-state index in [0.29, 0.717) is 16.4 Å². The number of amides is 1. The summed E-state index contributed by atoms with van der Waals surface area (Å²) in [5, 5.41) is 7.12. The third-order valence-corrected chi connectivity index (χ3v) is 4.23. The molecule has 1 aromatic carbocycles. The van der Waals surface area contributed by atoms with Crippen LogP contribution in [0.15, 0.2) is 60.8 Å². The lowest BCUT2D eigenvalue weighted by molar-refractivity contribution is -0.141. The van der Waals surface area contributed by atoms with Gasteiger partial charge in [-0.05, 0) is 36.4 Å². The van der Waals surface area contributed by atoms with Gasteiger partial charge in [-0.15, -0.1) is 0 Å². The molecule has 1 N–H and O–H groups in total. The van der Waals surface area contributed by atoms with Gasteiger partial charge in [0, 0.05) is 10.6 Å². The van der Waals surface area contributed by atoms with Gasteiger partial charge in [0.1, 0.15) is 17.2 Å². The van der Waals surface area contributed by atoms with Crippen LogP contribution >= 0.6 is 11.6 Å². The van der Waals surface area contributed by atoms with Crippen LogP contribution in [0.4, 0.5) is 19.0 Å². The van der Waals surface area contributed by atoms with Gasteiger partial charge in [-0.1, -0.05) is 29.8 Å². The van der Waals surface area contributed by atoms with Crippen molar-refractivity contribution in [1.82, 2.24) is 19.6 Å². The van der Waals surface area contributed by atoms with Crippen molar-refractivity contribution in [3.8, 4) is 11.3 Å². The second-order valence-corrected chi connectivity index (χ2v) is 6.44. The number of rotatable bonds is 3. The highest BCUT2D eigenvalue weighted by atomic mass is 35.5. The molecular weight excluding hydrogens is 407 g/mol. The number of nitrogens with one attached hydrogen (secondary N) is 1. The number of carbonyl (C=O) groups is 1. The molecule has 0 spiro atoms. The summed E-state index contributed by atoms with van der Waals surface area (Å²) in [4.78, 5) is 20.1. The van der Waals surface area contributed by atoms with E-state index in [-0.39, 0.29) is 11.5 Å². The summed E-state index contributed by atoms with van der Waals surface area (Å²) in [5.74, 6) is -0.933. The number of hydrogen-bond acceptors (Lipinski definition) is 4. The minimum Gasteiger partial charge on any atom is -0.305 e. The Labute approximate surface area is 167 Å². The molecule has 0 aliphatic carbocycles. The first kappa shape index (κ1) is 18.9. The molecule has 0 atom stereocenters. The highest BCUT2D eigenvalue weighted by Gasteiger charge is 2.32. The molecular formula is C19H11ClF3N5O. The van der Waals surface area contributed by atoms with Crippen molar-refractivity contribution >= 4 is 29.0 Å². The van der Waals surface area contributed by atoms with Crippen molar-refractivity contribution < 1.29 is 18.0 Å². The fraction of sp³-hybridized carbons (Fsp3) is 0.0526. The van der Waals surface area contributed by atoms with Crippen LogP contribution in [0.3, 0.4) is 0 Å². The van der Waals surface area contributed by atoms with Gasteiger partial charge in [-0.3, -0.25) is 4.79 Å². The molecule has 0 radical (unpaired) electrons. The van der Waals surface area contributed by atoms with Crippen molar-refractivity contribution in [3.63, 3.8) is 0 Å². The number of pyridine rings is 1. The standard InChI is InChI=1S/C19H11ClF3N5O/c20-12-4-1-3-11(9-12)14-10-24-17-8-7-13(27-28(14)17)18(29)26-16-6-2-5-15(25-16)19(21,22)23/h1-10H,(H,25,26,29). The number of benzene rings is 1. The minimum atomic E-state index is -4.61. The average Bonchev–Trinajstić information content (AvgIpc) is 3.11. The maximum Gasteiger partial charge on any atom is 0.433 e. The van der Waals surface area contributed by atoms with Crippen molar-refractivity contribution in [2.75, 3.05) is 5.32 Å². The monoisotopic (exact) mass is 417 g/mol. The van der Waals surface area contributed by atoms with E-state index in [4.69, 9.17) is 11.6 Å². The van der Waals surface area contributed by atoms with Crippen LogP contribution in [0.25, 0.3) is 16.9 Å². The molecule has 10 heteroatoms. The number of imidazole rings is 1. The molecule has 0 aliphatic rings. The zero-order chi connectivity index (χ0) is 20.6. The first-order valence-electron chi connectivity index (χ1n) is 8.27. The third-order valence-electron chi connectivity index (χ3n) is 4.00. The quantitative estimate of drug-likeness (QED) is 0.523. The molecule has 4 rings (SSSR count).